The standard InChI is InChI=1S/C19H19BrN4O3S/c1-3-11(2)15(21-16(25)14-5-4-10-27-14)17(26)22-19-24-23-18(28-19)12-6-8-13(20)9-7-12/h4-11,15H,3H2,1-2H3,(H,21,25)(H,22,24,26). The average molecular weight is 463 g/mol. The quantitative estimate of drug-likeness (QED) is 0.543. The molecule has 2 heterocycles. The smallest absolute Gasteiger partial charge is 0.287 e. The zero-order valence-corrected chi connectivity index (χ0v) is 17.7. The molecule has 0 fully saturated rings. The fourth-order valence-electron chi connectivity index (χ4n) is 2.49. The van der Waals surface area contributed by atoms with E-state index in [2.05, 4.69) is 36.8 Å². The minimum atomic E-state index is -0.720. The van der Waals surface area contributed by atoms with E-state index in [1.807, 2.05) is 38.1 Å². The first-order valence-corrected chi connectivity index (χ1v) is 10.3. The molecule has 146 valence electrons. The summed E-state index contributed by atoms with van der Waals surface area (Å²) in [5.41, 5.74) is 0.908. The van der Waals surface area contributed by atoms with Crippen molar-refractivity contribution in [2.45, 2.75) is 26.3 Å². The van der Waals surface area contributed by atoms with Crippen molar-refractivity contribution in [3.05, 3.63) is 52.9 Å². The van der Waals surface area contributed by atoms with Gasteiger partial charge in [-0.3, -0.25) is 14.9 Å². The van der Waals surface area contributed by atoms with Gasteiger partial charge >= 0.3 is 0 Å². The minimum Gasteiger partial charge on any atom is -0.459 e. The predicted octanol–water partition coefficient (Wildman–Crippen LogP) is 4.34. The molecule has 2 atom stereocenters. The number of nitrogens with zero attached hydrogens (tertiary/aromatic N) is 2. The van der Waals surface area contributed by atoms with Gasteiger partial charge in [-0.25, -0.2) is 0 Å². The average Bonchev–Trinajstić information content (AvgIpc) is 3.38. The Hall–Kier alpha value is -2.52. The fraction of sp³-hybridized carbons (Fsp3) is 0.263. The van der Waals surface area contributed by atoms with E-state index >= 15 is 0 Å². The van der Waals surface area contributed by atoms with Crippen LogP contribution in [0.4, 0.5) is 5.13 Å². The van der Waals surface area contributed by atoms with Gasteiger partial charge in [0.15, 0.2) is 5.76 Å². The van der Waals surface area contributed by atoms with Gasteiger partial charge in [0.25, 0.3) is 5.91 Å². The Morgan fingerprint density at radius 1 is 1.21 bits per heavy atom. The molecule has 1 aromatic carbocycles. The Bertz CT molecular complexity index is 941. The number of hydrogen-bond donors (Lipinski definition) is 2. The third-order valence-electron chi connectivity index (χ3n) is 4.27. The summed E-state index contributed by atoms with van der Waals surface area (Å²) in [6, 6.07) is 10.1. The molecule has 0 bridgehead atoms. The van der Waals surface area contributed by atoms with E-state index in [1.54, 1.807) is 12.1 Å². The zero-order valence-electron chi connectivity index (χ0n) is 15.3. The second-order valence-electron chi connectivity index (χ2n) is 6.22. The van der Waals surface area contributed by atoms with Crippen molar-refractivity contribution in [3.8, 4) is 10.6 Å². The first-order valence-electron chi connectivity index (χ1n) is 8.72. The molecular formula is C19H19BrN4O3S. The summed E-state index contributed by atoms with van der Waals surface area (Å²) in [6.07, 6.45) is 2.13. The van der Waals surface area contributed by atoms with Crippen molar-refractivity contribution in [1.82, 2.24) is 15.5 Å². The summed E-state index contributed by atoms with van der Waals surface area (Å²) in [4.78, 5) is 25.1. The molecule has 3 rings (SSSR count). The van der Waals surface area contributed by atoms with E-state index in [1.165, 1.54) is 17.6 Å². The fourth-order valence-corrected chi connectivity index (χ4v) is 3.50. The van der Waals surface area contributed by atoms with E-state index in [-0.39, 0.29) is 17.6 Å². The number of amides is 2. The molecule has 9 heteroatoms. The highest BCUT2D eigenvalue weighted by Gasteiger charge is 2.28. The predicted molar refractivity (Wildman–Crippen MR) is 111 cm³/mol. The lowest BCUT2D eigenvalue weighted by Crippen LogP contribution is -2.47. The summed E-state index contributed by atoms with van der Waals surface area (Å²) in [7, 11) is 0. The monoisotopic (exact) mass is 462 g/mol. The maximum atomic E-state index is 12.8. The van der Waals surface area contributed by atoms with E-state index in [9.17, 15) is 9.59 Å². The number of furan rings is 1. The molecule has 7 nitrogen and oxygen atoms in total. The number of benzene rings is 1. The van der Waals surface area contributed by atoms with Gasteiger partial charge in [0, 0.05) is 10.0 Å². The summed E-state index contributed by atoms with van der Waals surface area (Å²) < 4.78 is 6.07. The van der Waals surface area contributed by atoms with Gasteiger partial charge in [-0.15, -0.1) is 10.2 Å². The SMILES string of the molecule is CCC(C)C(NC(=O)c1ccco1)C(=O)Nc1nnc(-c2ccc(Br)cc2)s1. The van der Waals surface area contributed by atoms with Crippen molar-refractivity contribution >= 4 is 44.2 Å². The lowest BCUT2D eigenvalue weighted by Gasteiger charge is -2.22. The van der Waals surface area contributed by atoms with Crippen LogP contribution in [0, 0.1) is 5.92 Å². The van der Waals surface area contributed by atoms with Crippen LogP contribution in [-0.4, -0.2) is 28.1 Å². The van der Waals surface area contributed by atoms with Crippen molar-refractivity contribution in [1.29, 1.82) is 0 Å². The van der Waals surface area contributed by atoms with Gasteiger partial charge in [0.1, 0.15) is 11.0 Å². The number of anilines is 1. The molecule has 0 aliphatic heterocycles. The van der Waals surface area contributed by atoms with E-state index < -0.39 is 11.9 Å². The third-order valence-corrected chi connectivity index (χ3v) is 5.69. The molecule has 0 spiro atoms. The van der Waals surface area contributed by atoms with Gasteiger partial charge in [0.2, 0.25) is 11.0 Å². The first kappa shape index (κ1) is 20.2. The highest BCUT2D eigenvalue weighted by molar-refractivity contribution is 9.10. The van der Waals surface area contributed by atoms with Crippen LogP contribution < -0.4 is 10.6 Å². The topological polar surface area (TPSA) is 97.1 Å². The molecule has 0 aliphatic carbocycles. The van der Waals surface area contributed by atoms with Crippen molar-refractivity contribution in [2.24, 2.45) is 5.92 Å². The summed E-state index contributed by atoms with van der Waals surface area (Å²) in [5, 5.41) is 14.8. The minimum absolute atomic E-state index is 0.0715. The Morgan fingerprint density at radius 2 is 1.96 bits per heavy atom. The highest BCUT2D eigenvalue weighted by atomic mass is 79.9. The molecule has 3 aromatic rings. The van der Waals surface area contributed by atoms with Crippen molar-refractivity contribution in [3.63, 3.8) is 0 Å². The van der Waals surface area contributed by atoms with Gasteiger partial charge in [0.05, 0.1) is 6.26 Å². The Balaban J connectivity index is 1.71. The van der Waals surface area contributed by atoms with Crippen molar-refractivity contribution in [2.75, 3.05) is 5.32 Å². The summed E-state index contributed by atoms with van der Waals surface area (Å²) >= 11 is 4.67. The van der Waals surface area contributed by atoms with Gasteiger partial charge in [-0.2, -0.15) is 0 Å². The molecule has 2 aromatic heterocycles. The molecule has 0 saturated carbocycles. The maximum Gasteiger partial charge on any atom is 0.287 e. The number of halogens is 1. The molecule has 28 heavy (non-hydrogen) atoms. The molecule has 2 N–H and O–H groups in total. The van der Waals surface area contributed by atoms with E-state index in [0.717, 1.165) is 16.5 Å². The van der Waals surface area contributed by atoms with E-state index in [4.69, 9.17) is 4.42 Å². The molecule has 0 saturated heterocycles. The number of rotatable bonds is 7. The van der Waals surface area contributed by atoms with Crippen LogP contribution in [0.5, 0.6) is 0 Å². The van der Waals surface area contributed by atoms with Gasteiger partial charge in [-0.1, -0.05) is 59.7 Å². The Kier molecular flexibility index (Phi) is 6.58. The lowest BCUT2D eigenvalue weighted by atomic mass is 9.98. The van der Waals surface area contributed by atoms with Crippen LogP contribution in [0.15, 0.2) is 51.6 Å². The molecular weight excluding hydrogens is 444 g/mol. The number of carbonyl (C=O) groups excluding carboxylic acids is 2. The van der Waals surface area contributed by atoms with Crippen LogP contribution >= 0.6 is 27.3 Å². The van der Waals surface area contributed by atoms with Gasteiger partial charge in [-0.05, 0) is 30.2 Å². The number of aromatic nitrogens is 2. The number of hydrogen-bond acceptors (Lipinski definition) is 6. The van der Waals surface area contributed by atoms with Crippen LogP contribution in [0.1, 0.15) is 30.8 Å². The largest absolute Gasteiger partial charge is 0.459 e. The first-order chi connectivity index (χ1) is 13.5. The normalized spacial score (nSPS) is 13.0. The maximum absolute atomic E-state index is 12.8. The van der Waals surface area contributed by atoms with Crippen molar-refractivity contribution < 1.29 is 14.0 Å². The molecule has 0 radical (unpaired) electrons. The Labute approximate surface area is 174 Å². The van der Waals surface area contributed by atoms with Gasteiger partial charge < -0.3 is 9.73 Å². The van der Waals surface area contributed by atoms with Crippen LogP contribution in [0.25, 0.3) is 10.6 Å². The second kappa shape index (κ2) is 9.11. The third kappa shape index (κ3) is 4.85. The zero-order chi connectivity index (χ0) is 20.1. The van der Waals surface area contributed by atoms with Crippen LogP contribution in [0.2, 0.25) is 0 Å². The lowest BCUT2D eigenvalue weighted by molar-refractivity contribution is -0.119. The number of nitrogens with one attached hydrogen (secondary N) is 2. The summed E-state index contributed by atoms with van der Waals surface area (Å²) in [5.74, 6) is -0.682. The molecule has 0 aliphatic rings. The van der Waals surface area contributed by atoms with Crippen LogP contribution in [0.3, 0.4) is 0 Å². The van der Waals surface area contributed by atoms with E-state index in [0.29, 0.717) is 10.1 Å². The summed E-state index contributed by atoms with van der Waals surface area (Å²) in [6.45, 7) is 3.86. The van der Waals surface area contributed by atoms with Crippen LogP contribution in [-0.2, 0) is 4.79 Å². The molecule has 2 amide bonds. The Morgan fingerprint density at radius 3 is 2.61 bits per heavy atom. The highest BCUT2D eigenvalue weighted by Crippen LogP contribution is 2.27. The second-order valence-corrected chi connectivity index (χ2v) is 8.12. The molecule has 2 unspecified atom stereocenters. The number of carbonyl (C=O) groups is 2.